The van der Waals surface area contributed by atoms with Crippen LogP contribution < -0.4 is 21.5 Å². The zero-order valence-electron chi connectivity index (χ0n) is 21.5. The number of anilines is 2. The summed E-state index contributed by atoms with van der Waals surface area (Å²) in [6, 6.07) is 22.0. The number of aliphatic hydroxyl groups is 1. The van der Waals surface area contributed by atoms with Crippen molar-refractivity contribution in [2.45, 2.75) is 45.6 Å². The van der Waals surface area contributed by atoms with Gasteiger partial charge >= 0.3 is 6.09 Å². The molecule has 0 fully saturated rings. The molecule has 0 aliphatic carbocycles. The van der Waals surface area contributed by atoms with Crippen molar-refractivity contribution < 1.29 is 19.7 Å². The van der Waals surface area contributed by atoms with Crippen LogP contribution in [0.15, 0.2) is 72.8 Å². The third-order valence-corrected chi connectivity index (χ3v) is 5.99. The zero-order valence-corrected chi connectivity index (χ0v) is 21.5. The highest BCUT2D eigenvalue weighted by Crippen LogP contribution is 2.18. The van der Waals surface area contributed by atoms with Gasteiger partial charge in [-0.15, -0.1) is 0 Å². The van der Waals surface area contributed by atoms with Gasteiger partial charge in [0.25, 0.3) is 0 Å². The molecule has 37 heavy (non-hydrogen) atoms. The summed E-state index contributed by atoms with van der Waals surface area (Å²) in [7, 11) is 0. The molecule has 3 rings (SSSR count). The van der Waals surface area contributed by atoms with Gasteiger partial charge in [0.2, 0.25) is 0 Å². The molecule has 0 spiro atoms. The Morgan fingerprint density at radius 1 is 0.865 bits per heavy atom. The van der Waals surface area contributed by atoms with E-state index in [1.807, 2.05) is 72.8 Å². The Hall–Kier alpha value is -3.75. The first-order chi connectivity index (χ1) is 17.7. The fourth-order valence-corrected chi connectivity index (χ4v) is 4.19. The minimum Gasteiger partial charge on any atom is -0.489 e. The lowest BCUT2D eigenvalue weighted by molar-refractivity contribution is 0.0698. The Morgan fingerprint density at radius 2 is 1.41 bits per heavy atom. The largest absolute Gasteiger partial charge is 0.489 e. The number of hydrogen-bond acceptors (Lipinski definition) is 6. The van der Waals surface area contributed by atoms with E-state index in [-0.39, 0.29) is 0 Å². The monoisotopic (exact) mass is 506 g/mol. The van der Waals surface area contributed by atoms with Crippen LogP contribution in [0, 0.1) is 5.92 Å². The maximum Gasteiger partial charge on any atom is 0.404 e. The van der Waals surface area contributed by atoms with Crippen molar-refractivity contribution in [1.29, 1.82) is 0 Å². The molecule has 0 aromatic heterocycles. The number of carboxylic acid groups (broad SMARTS) is 1. The minimum atomic E-state index is -1.17. The third kappa shape index (κ3) is 9.67. The lowest BCUT2D eigenvalue weighted by Crippen LogP contribution is -2.49. The average Bonchev–Trinajstić information content (AvgIpc) is 2.85. The number of ether oxygens (including phenoxy) is 1. The number of rotatable bonds is 13. The number of carbonyl (C=O) groups is 1. The van der Waals surface area contributed by atoms with Crippen LogP contribution in [0.2, 0.25) is 0 Å². The number of aliphatic hydroxyl groups excluding tert-OH is 1. The number of nitrogens with two attached hydrogens (primary N) is 2. The molecule has 0 bridgehead atoms. The molecule has 0 saturated heterocycles. The summed E-state index contributed by atoms with van der Waals surface area (Å²) in [5.74, 6) is 1.09. The number of nitrogens with zero attached hydrogens (tertiary/aromatic N) is 1. The minimum absolute atomic E-state index is 0.330. The van der Waals surface area contributed by atoms with Crippen molar-refractivity contribution in [3.63, 3.8) is 0 Å². The fourth-order valence-electron chi connectivity index (χ4n) is 4.19. The van der Waals surface area contributed by atoms with Crippen molar-refractivity contribution in [2.75, 3.05) is 24.6 Å². The molecule has 8 heteroatoms. The second-order valence-corrected chi connectivity index (χ2v) is 9.83. The zero-order chi connectivity index (χ0) is 26.8. The summed E-state index contributed by atoms with van der Waals surface area (Å²) >= 11 is 0. The Bertz CT molecular complexity index is 1100. The van der Waals surface area contributed by atoms with Crippen LogP contribution in [0.3, 0.4) is 0 Å². The van der Waals surface area contributed by atoms with Gasteiger partial charge in [-0.1, -0.05) is 50.2 Å². The van der Waals surface area contributed by atoms with Crippen molar-refractivity contribution in [3.8, 4) is 5.75 Å². The van der Waals surface area contributed by atoms with E-state index in [1.54, 1.807) is 0 Å². The molecule has 0 unspecified atom stereocenters. The smallest absolute Gasteiger partial charge is 0.404 e. The Balaban J connectivity index is 1.63. The van der Waals surface area contributed by atoms with Crippen LogP contribution in [0.25, 0.3) is 0 Å². The van der Waals surface area contributed by atoms with Crippen LogP contribution >= 0.6 is 0 Å². The second kappa shape index (κ2) is 13.5. The highest BCUT2D eigenvalue weighted by atomic mass is 16.5. The van der Waals surface area contributed by atoms with Crippen LogP contribution in [-0.4, -0.2) is 46.4 Å². The summed E-state index contributed by atoms with van der Waals surface area (Å²) in [4.78, 5) is 13.7. The van der Waals surface area contributed by atoms with Gasteiger partial charge in [0.05, 0.1) is 12.1 Å². The molecule has 8 nitrogen and oxygen atoms in total. The average molecular weight is 507 g/mol. The van der Waals surface area contributed by atoms with E-state index in [1.165, 1.54) is 0 Å². The van der Waals surface area contributed by atoms with E-state index < -0.39 is 18.2 Å². The summed E-state index contributed by atoms with van der Waals surface area (Å²) in [5, 5.41) is 23.0. The van der Waals surface area contributed by atoms with Crippen molar-refractivity contribution in [2.24, 2.45) is 5.92 Å². The highest BCUT2D eigenvalue weighted by molar-refractivity contribution is 5.65. The van der Waals surface area contributed by atoms with E-state index in [4.69, 9.17) is 16.2 Å². The second-order valence-electron chi connectivity index (χ2n) is 9.83. The Labute approximate surface area is 218 Å². The molecule has 3 aromatic rings. The van der Waals surface area contributed by atoms with E-state index in [9.17, 15) is 15.0 Å². The van der Waals surface area contributed by atoms with Gasteiger partial charge < -0.3 is 31.7 Å². The first-order valence-corrected chi connectivity index (χ1v) is 12.5. The van der Waals surface area contributed by atoms with E-state index in [0.29, 0.717) is 49.2 Å². The van der Waals surface area contributed by atoms with Gasteiger partial charge in [0.1, 0.15) is 12.4 Å². The number of nitrogen functional groups attached to an aromatic ring is 2. The number of hydrogen-bond donors (Lipinski definition) is 5. The predicted molar refractivity (Wildman–Crippen MR) is 147 cm³/mol. The summed E-state index contributed by atoms with van der Waals surface area (Å²) in [5.41, 5.74) is 15.9. The molecular weight excluding hydrogens is 468 g/mol. The maximum atomic E-state index is 11.5. The highest BCUT2D eigenvalue weighted by Gasteiger charge is 2.24. The Kier molecular flexibility index (Phi) is 10.2. The molecule has 0 heterocycles. The molecular formula is C29H38N4O4. The van der Waals surface area contributed by atoms with Crippen LogP contribution in [0.1, 0.15) is 30.5 Å². The third-order valence-electron chi connectivity index (χ3n) is 5.99. The van der Waals surface area contributed by atoms with Gasteiger partial charge in [-0.2, -0.15) is 0 Å². The van der Waals surface area contributed by atoms with Crippen LogP contribution in [0.4, 0.5) is 16.2 Å². The molecule has 0 aliphatic heterocycles. The topological polar surface area (TPSA) is 134 Å². The van der Waals surface area contributed by atoms with Gasteiger partial charge in [-0.25, -0.2) is 4.79 Å². The van der Waals surface area contributed by atoms with Crippen LogP contribution in [-0.2, 0) is 19.6 Å². The Morgan fingerprint density at radius 3 is 1.95 bits per heavy atom. The number of nitrogens with one attached hydrogen (secondary N) is 1. The van der Waals surface area contributed by atoms with Gasteiger partial charge in [0.15, 0.2) is 0 Å². The first kappa shape index (κ1) is 27.8. The molecule has 3 aromatic carbocycles. The van der Waals surface area contributed by atoms with Gasteiger partial charge in [0, 0.05) is 31.0 Å². The normalized spacial score (nSPS) is 12.9. The number of benzene rings is 3. The fraction of sp³-hybridized carbons (Fsp3) is 0.345. The molecule has 7 N–H and O–H groups in total. The van der Waals surface area contributed by atoms with Gasteiger partial charge in [-0.05, 0) is 65.4 Å². The molecule has 2 atom stereocenters. The molecule has 0 aliphatic rings. The summed E-state index contributed by atoms with van der Waals surface area (Å²) < 4.78 is 5.84. The number of amides is 1. The van der Waals surface area contributed by atoms with E-state index >= 15 is 0 Å². The predicted octanol–water partition coefficient (Wildman–Crippen LogP) is 4.13. The maximum absolute atomic E-state index is 11.5. The molecule has 1 amide bonds. The lowest BCUT2D eigenvalue weighted by atomic mass is 10.00. The van der Waals surface area contributed by atoms with E-state index in [0.717, 1.165) is 23.2 Å². The SMILES string of the molecule is CC(C)CN(Cc1ccc(N)cc1)C[C@@H](O)[C@H](Cc1ccc(OCc2ccc(N)cc2)cc1)NC(=O)O. The van der Waals surface area contributed by atoms with Crippen molar-refractivity contribution in [1.82, 2.24) is 10.2 Å². The summed E-state index contributed by atoms with van der Waals surface area (Å²) in [6.45, 7) is 6.38. The standard InChI is InChI=1S/C29H38N4O4/c1-20(2)16-33(17-22-3-9-24(30)10-4-22)18-28(34)27(32-29(35)36)15-21-7-13-26(14-8-21)37-19-23-5-11-25(31)12-6-23/h3-14,20,27-28,32,34H,15-19,30-31H2,1-2H3,(H,35,36)/t27-,28+/m0/s1. The van der Waals surface area contributed by atoms with Gasteiger partial charge in [-0.3, -0.25) is 4.90 Å². The molecule has 0 saturated carbocycles. The van der Waals surface area contributed by atoms with E-state index in [2.05, 4.69) is 24.1 Å². The molecule has 198 valence electrons. The van der Waals surface area contributed by atoms with Crippen LogP contribution in [0.5, 0.6) is 5.75 Å². The first-order valence-electron chi connectivity index (χ1n) is 12.5. The van der Waals surface area contributed by atoms with Crippen molar-refractivity contribution >= 4 is 17.5 Å². The molecule has 0 radical (unpaired) electrons. The quantitative estimate of drug-likeness (QED) is 0.220. The van der Waals surface area contributed by atoms with Crippen molar-refractivity contribution in [3.05, 3.63) is 89.5 Å². The lowest BCUT2D eigenvalue weighted by Gasteiger charge is -2.30. The summed E-state index contributed by atoms with van der Waals surface area (Å²) in [6.07, 6.45) is -1.71.